The zero-order chi connectivity index (χ0) is 13.5. The fourth-order valence-electron chi connectivity index (χ4n) is 1.86. The highest BCUT2D eigenvalue weighted by Crippen LogP contribution is 2.13. The molecule has 19 heavy (non-hydrogen) atoms. The molecule has 4 heteroatoms. The van der Waals surface area contributed by atoms with Gasteiger partial charge in [0.15, 0.2) is 0 Å². The van der Waals surface area contributed by atoms with Crippen molar-refractivity contribution >= 4 is 12.0 Å². The summed E-state index contributed by atoms with van der Waals surface area (Å²) >= 11 is 0. The molecule has 0 bridgehead atoms. The molecule has 2 rings (SSSR count). The van der Waals surface area contributed by atoms with Crippen LogP contribution in [0, 0.1) is 0 Å². The van der Waals surface area contributed by atoms with Gasteiger partial charge in [-0.1, -0.05) is 12.1 Å². The lowest BCUT2D eigenvalue weighted by Gasteiger charge is -2.24. The van der Waals surface area contributed by atoms with Crippen molar-refractivity contribution in [2.24, 2.45) is 0 Å². The molecule has 1 aromatic carbocycles. The van der Waals surface area contributed by atoms with Gasteiger partial charge in [-0.05, 0) is 43.5 Å². The number of hydroxylamine groups is 2. The van der Waals surface area contributed by atoms with Crippen molar-refractivity contribution in [2.45, 2.75) is 19.8 Å². The van der Waals surface area contributed by atoms with Crippen LogP contribution in [0.25, 0.3) is 6.08 Å². The second-order valence-electron chi connectivity index (χ2n) is 4.32. The number of hydrogen-bond acceptors (Lipinski definition) is 3. The summed E-state index contributed by atoms with van der Waals surface area (Å²) < 4.78 is 5.36. The van der Waals surface area contributed by atoms with Crippen LogP contribution in [0.2, 0.25) is 0 Å². The van der Waals surface area contributed by atoms with E-state index in [1.165, 1.54) is 5.06 Å². The second kappa shape index (κ2) is 6.95. The summed E-state index contributed by atoms with van der Waals surface area (Å²) in [5, 5.41) is 1.43. The van der Waals surface area contributed by atoms with Crippen molar-refractivity contribution in [1.82, 2.24) is 5.06 Å². The van der Waals surface area contributed by atoms with Crippen LogP contribution in [-0.2, 0) is 9.63 Å². The highest BCUT2D eigenvalue weighted by molar-refractivity contribution is 5.91. The monoisotopic (exact) mass is 261 g/mol. The third kappa shape index (κ3) is 4.10. The van der Waals surface area contributed by atoms with Crippen molar-refractivity contribution in [3.05, 3.63) is 35.9 Å². The van der Waals surface area contributed by atoms with Gasteiger partial charge >= 0.3 is 0 Å². The molecule has 0 radical (unpaired) electrons. The minimum absolute atomic E-state index is 0.103. The lowest BCUT2D eigenvalue weighted by atomic mass is 10.2. The van der Waals surface area contributed by atoms with Gasteiger partial charge in [0.2, 0.25) is 0 Å². The van der Waals surface area contributed by atoms with Gasteiger partial charge in [0.05, 0.1) is 13.2 Å². The number of benzene rings is 1. The van der Waals surface area contributed by atoms with Gasteiger partial charge in [-0.15, -0.1) is 0 Å². The topological polar surface area (TPSA) is 38.8 Å². The highest BCUT2D eigenvalue weighted by atomic mass is 16.7. The van der Waals surface area contributed by atoms with E-state index < -0.39 is 0 Å². The van der Waals surface area contributed by atoms with E-state index in [-0.39, 0.29) is 5.91 Å². The molecule has 102 valence electrons. The molecule has 1 aliphatic heterocycles. The predicted octanol–water partition coefficient (Wildman–Crippen LogP) is 2.65. The van der Waals surface area contributed by atoms with E-state index in [1.807, 2.05) is 31.2 Å². The minimum atomic E-state index is -0.103. The zero-order valence-electron chi connectivity index (χ0n) is 11.2. The van der Waals surface area contributed by atoms with Crippen LogP contribution in [-0.4, -0.2) is 30.7 Å². The summed E-state index contributed by atoms with van der Waals surface area (Å²) in [5.74, 6) is 0.735. The van der Waals surface area contributed by atoms with Crippen LogP contribution >= 0.6 is 0 Å². The SMILES string of the molecule is CCOc1ccc(/C=C/C(=O)N2CCCCO2)cc1. The standard InChI is InChI=1S/C15H19NO3/c1-2-18-14-8-5-13(6-9-14)7-10-15(17)16-11-3-4-12-19-16/h5-10H,2-4,11-12H2,1H3/b10-7+. The third-order valence-corrected chi connectivity index (χ3v) is 2.86. The minimum Gasteiger partial charge on any atom is -0.494 e. The molecule has 0 unspecified atom stereocenters. The molecule has 1 aromatic rings. The van der Waals surface area contributed by atoms with E-state index in [0.717, 1.165) is 24.2 Å². The largest absolute Gasteiger partial charge is 0.494 e. The first-order chi connectivity index (χ1) is 9.29. The number of amides is 1. The Morgan fingerprint density at radius 1 is 1.37 bits per heavy atom. The van der Waals surface area contributed by atoms with E-state index in [9.17, 15) is 4.79 Å². The van der Waals surface area contributed by atoms with Crippen molar-refractivity contribution < 1.29 is 14.4 Å². The summed E-state index contributed by atoms with van der Waals surface area (Å²) in [6.45, 7) is 3.90. The van der Waals surface area contributed by atoms with Crippen LogP contribution in [0.1, 0.15) is 25.3 Å². The average Bonchev–Trinajstić information content (AvgIpc) is 2.47. The smallest absolute Gasteiger partial charge is 0.270 e. The van der Waals surface area contributed by atoms with E-state index in [4.69, 9.17) is 9.57 Å². The number of hydrogen-bond donors (Lipinski definition) is 0. The zero-order valence-corrected chi connectivity index (χ0v) is 11.2. The van der Waals surface area contributed by atoms with Crippen molar-refractivity contribution in [2.75, 3.05) is 19.8 Å². The number of carbonyl (C=O) groups excluding carboxylic acids is 1. The first-order valence-electron chi connectivity index (χ1n) is 6.65. The van der Waals surface area contributed by atoms with Crippen molar-refractivity contribution in [3.8, 4) is 5.75 Å². The summed E-state index contributed by atoms with van der Waals surface area (Å²) in [6, 6.07) is 7.63. The number of rotatable bonds is 4. The molecule has 0 atom stereocenters. The Balaban J connectivity index is 1.91. The van der Waals surface area contributed by atoms with Gasteiger partial charge in [-0.3, -0.25) is 9.63 Å². The quantitative estimate of drug-likeness (QED) is 0.782. The molecule has 1 heterocycles. The number of ether oxygens (including phenoxy) is 1. The predicted molar refractivity (Wildman–Crippen MR) is 73.5 cm³/mol. The van der Waals surface area contributed by atoms with E-state index >= 15 is 0 Å². The van der Waals surface area contributed by atoms with Crippen LogP contribution in [0.15, 0.2) is 30.3 Å². The Morgan fingerprint density at radius 3 is 2.79 bits per heavy atom. The van der Waals surface area contributed by atoms with Crippen molar-refractivity contribution in [1.29, 1.82) is 0 Å². The van der Waals surface area contributed by atoms with Gasteiger partial charge in [0.25, 0.3) is 5.91 Å². The number of carbonyl (C=O) groups is 1. The Labute approximate surface area is 113 Å². The first kappa shape index (κ1) is 13.6. The summed E-state index contributed by atoms with van der Waals surface area (Å²) in [4.78, 5) is 17.1. The summed E-state index contributed by atoms with van der Waals surface area (Å²) in [5.41, 5.74) is 0.966. The van der Waals surface area contributed by atoms with Crippen molar-refractivity contribution in [3.63, 3.8) is 0 Å². The first-order valence-corrected chi connectivity index (χ1v) is 6.65. The summed E-state index contributed by atoms with van der Waals surface area (Å²) in [7, 11) is 0. The normalized spacial score (nSPS) is 15.7. The lowest BCUT2D eigenvalue weighted by Crippen LogP contribution is -2.34. The Morgan fingerprint density at radius 2 is 2.16 bits per heavy atom. The maximum absolute atomic E-state index is 11.8. The lowest BCUT2D eigenvalue weighted by molar-refractivity contribution is -0.191. The fourth-order valence-corrected chi connectivity index (χ4v) is 1.86. The molecule has 1 saturated heterocycles. The molecule has 1 aliphatic rings. The molecular formula is C15H19NO3. The van der Waals surface area contributed by atoms with Gasteiger partial charge in [-0.25, -0.2) is 5.06 Å². The molecule has 0 saturated carbocycles. The maximum Gasteiger partial charge on any atom is 0.270 e. The molecule has 0 spiro atoms. The van der Waals surface area contributed by atoms with Gasteiger partial charge < -0.3 is 4.74 Å². The Hall–Kier alpha value is -1.81. The average molecular weight is 261 g/mol. The number of nitrogens with zero attached hydrogens (tertiary/aromatic N) is 1. The molecular weight excluding hydrogens is 242 g/mol. The molecule has 1 fully saturated rings. The summed E-state index contributed by atoms with van der Waals surface area (Å²) in [6.07, 6.45) is 5.35. The van der Waals surface area contributed by atoms with Crippen LogP contribution in [0.4, 0.5) is 0 Å². The Bertz CT molecular complexity index is 433. The Kier molecular flexibility index (Phi) is 4.98. The van der Waals surface area contributed by atoms with Gasteiger partial charge in [0.1, 0.15) is 5.75 Å². The molecule has 4 nitrogen and oxygen atoms in total. The maximum atomic E-state index is 11.8. The second-order valence-corrected chi connectivity index (χ2v) is 4.32. The van der Waals surface area contributed by atoms with E-state index in [0.29, 0.717) is 19.8 Å². The third-order valence-electron chi connectivity index (χ3n) is 2.86. The fraction of sp³-hybridized carbons (Fsp3) is 0.400. The van der Waals surface area contributed by atoms with Crippen LogP contribution in [0.3, 0.4) is 0 Å². The van der Waals surface area contributed by atoms with Crippen LogP contribution in [0.5, 0.6) is 5.75 Å². The van der Waals surface area contributed by atoms with E-state index in [2.05, 4.69) is 0 Å². The molecule has 0 aliphatic carbocycles. The van der Waals surface area contributed by atoms with E-state index in [1.54, 1.807) is 12.2 Å². The molecule has 1 amide bonds. The van der Waals surface area contributed by atoms with Crippen LogP contribution < -0.4 is 4.74 Å². The van der Waals surface area contributed by atoms with Gasteiger partial charge in [-0.2, -0.15) is 0 Å². The molecule has 0 N–H and O–H groups in total. The molecule has 0 aromatic heterocycles. The highest BCUT2D eigenvalue weighted by Gasteiger charge is 2.14. The van der Waals surface area contributed by atoms with Gasteiger partial charge in [0, 0.05) is 12.6 Å².